The highest BCUT2D eigenvalue weighted by atomic mass is 35.5. The zero-order valence-electron chi connectivity index (χ0n) is 11.0. The molecule has 1 aromatic heterocycles. The molecule has 1 N–H and O–H groups in total. The molecule has 1 heterocycles. The molecular formula is C13H22ClN3. The van der Waals surface area contributed by atoms with E-state index < -0.39 is 0 Å². The summed E-state index contributed by atoms with van der Waals surface area (Å²) in [5, 5.41) is 8.69. The first-order valence-electron chi connectivity index (χ1n) is 6.20. The molecule has 0 spiro atoms. The summed E-state index contributed by atoms with van der Waals surface area (Å²) in [6.07, 6.45) is 3.78. The van der Waals surface area contributed by atoms with Gasteiger partial charge in [0.2, 0.25) is 0 Å². The van der Waals surface area contributed by atoms with Crippen molar-refractivity contribution in [3.63, 3.8) is 0 Å². The van der Waals surface area contributed by atoms with Crippen LogP contribution in [0.4, 0.5) is 0 Å². The summed E-state index contributed by atoms with van der Waals surface area (Å²) in [4.78, 5) is 0. The van der Waals surface area contributed by atoms with Crippen LogP contribution in [0.1, 0.15) is 31.7 Å². The number of aromatic nitrogens is 2. The van der Waals surface area contributed by atoms with Gasteiger partial charge in [0.1, 0.15) is 0 Å². The van der Waals surface area contributed by atoms with E-state index in [1.807, 2.05) is 17.7 Å². The zero-order valence-corrected chi connectivity index (χ0v) is 11.7. The third kappa shape index (κ3) is 3.58. The Morgan fingerprint density at radius 3 is 2.76 bits per heavy atom. The van der Waals surface area contributed by atoms with Gasteiger partial charge in [0.15, 0.2) is 0 Å². The molecule has 1 atom stereocenters. The molecule has 1 rings (SSSR count). The molecule has 96 valence electrons. The number of likely N-dealkylation sites (N-methyl/N-ethyl adjacent to an activating group) is 1. The lowest BCUT2D eigenvalue weighted by atomic mass is 10.1. The van der Waals surface area contributed by atoms with Gasteiger partial charge >= 0.3 is 0 Å². The van der Waals surface area contributed by atoms with Gasteiger partial charge in [-0.3, -0.25) is 4.68 Å². The van der Waals surface area contributed by atoms with Gasteiger partial charge in [-0.25, -0.2) is 0 Å². The zero-order chi connectivity index (χ0) is 12.8. The summed E-state index contributed by atoms with van der Waals surface area (Å²) >= 11 is 6.30. The van der Waals surface area contributed by atoms with Gasteiger partial charge in [-0.15, -0.1) is 6.58 Å². The number of halogens is 1. The van der Waals surface area contributed by atoms with E-state index >= 15 is 0 Å². The van der Waals surface area contributed by atoms with Crippen molar-refractivity contribution >= 4 is 11.6 Å². The molecule has 0 aliphatic carbocycles. The second-order valence-corrected chi connectivity index (χ2v) is 4.52. The fourth-order valence-corrected chi connectivity index (χ4v) is 2.24. The van der Waals surface area contributed by atoms with Crippen LogP contribution in [0, 0.1) is 6.92 Å². The van der Waals surface area contributed by atoms with Crippen molar-refractivity contribution in [3.8, 4) is 0 Å². The molecule has 0 saturated heterocycles. The summed E-state index contributed by atoms with van der Waals surface area (Å²) in [6.45, 7) is 11.8. The second-order valence-electron chi connectivity index (χ2n) is 4.14. The van der Waals surface area contributed by atoms with E-state index in [4.69, 9.17) is 11.6 Å². The molecule has 0 aliphatic heterocycles. The first-order valence-corrected chi connectivity index (χ1v) is 6.57. The summed E-state index contributed by atoms with van der Waals surface area (Å²) in [5.41, 5.74) is 2.04. The maximum atomic E-state index is 6.30. The Kier molecular flexibility index (Phi) is 5.72. The third-order valence-electron chi connectivity index (χ3n) is 2.84. The van der Waals surface area contributed by atoms with Gasteiger partial charge in [-0.1, -0.05) is 24.6 Å². The van der Waals surface area contributed by atoms with E-state index in [2.05, 4.69) is 30.8 Å². The number of hydrogen-bond donors (Lipinski definition) is 1. The predicted molar refractivity (Wildman–Crippen MR) is 73.6 cm³/mol. The quantitative estimate of drug-likeness (QED) is 0.760. The minimum absolute atomic E-state index is 0.386. The van der Waals surface area contributed by atoms with Crippen LogP contribution < -0.4 is 5.32 Å². The molecule has 0 bridgehead atoms. The lowest BCUT2D eigenvalue weighted by molar-refractivity contribution is 0.502. The van der Waals surface area contributed by atoms with Crippen LogP contribution in [0.2, 0.25) is 5.02 Å². The molecule has 4 heteroatoms. The van der Waals surface area contributed by atoms with Crippen LogP contribution in [-0.2, 0) is 13.0 Å². The summed E-state index contributed by atoms with van der Waals surface area (Å²) in [5.74, 6) is 0. The van der Waals surface area contributed by atoms with Gasteiger partial charge in [0.25, 0.3) is 0 Å². The standard InChI is InChI=1S/C13H22ClN3/c1-5-8-11(15-6-2)9-12-13(14)10(4)16-17(12)7-3/h5,11,15H,1,6-9H2,2-4H3. The van der Waals surface area contributed by atoms with E-state index in [1.54, 1.807) is 0 Å². The van der Waals surface area contributed by atoms with Gasteiger partial charge < -0.3 is 5.32 Å². The van der Waals surface area contributed by atoms with E-state index in [9.17, 15) is 0 Å². The highest BCUT2D eigenvalue weighted by molar-refractivity contribution is 6.31. The number of nitrogens with zero attached hydrogens (tertiary/aromatic N) is 2. The molecule has 0 aromatic carbocycles. The number of rotatable bonds is 7. The maximum Gasteiger partial charge on any atom is 0.0847 e. The topological polar surface area (TPSA) is 29.9 Å². The van der Waals surface area contributed by atoms with E-state index in [1.165, 1.54) is 0 Å². The molecule has 17 heavy (non-hydrogen) atoms. The van der Waals surface area contributed by atoms with E-state index in [0.29, 0.717) is 6.04 Å². The largest absolute Gasteiger partial charge is 0.314 e. The molecular weight excluding hydrogens is 234 g/mol. The molecule has 0 fully saturated rings. The first-order chi connectivity index (χ1) is 8.13. The Labute approximate surface area is 109 Å². The smallest absolute Gasteiger partial charge is 0.0847 e. The minimum atomic E-state index is 0.386. The average molecular weight is 256 g/mol. The van der Waals surface area contributed by atoms with E-state index in [-0.39, 0.29) is 0 Å². The SMILES string of the molecule is C=CCC(Cc1c(Cl)c(C)nn1CC)NCC. The van der Waals surface area contributed by atoms with Crippen molar-refractivity contribution in [1.29, 1.82) is 0 Å². The average Bonchev–Trinajstić information content (AvgIpc) is 2.57. The van der Waals surface area contributed by atoms with Crippen molar-refractivity contribution in [2.75, 3.05) is 6.54 Å². The number of hydrogen-bond acceptors (Lipinski definition) is 2. The molecule has 1 aromatic rings. The van der Waals surface area contributed by atoms with Crippen LogP contribution in [0.3, 0.4) is 0 Å². The highest BCUT2D eigenvalue weighted by Gasteiger charge is 2.16. The van der Waals surface area contributed by atoms with Gasteiger partial charge in [0.05, 0.1) is 16.4 Å². The third-order valence-corrected chi connectivity index (χ3v) is 3.33. The number of nitrogens with one attached hydrogen (secondary N) is 1. The highest BCUT2D eigenvalue weighted by Crippen LogP contribution is 2.22. The predicted octanol–water partition coefficient (Wildman–Crippen LogP) is 2.96. The van der Waals surface area contributed by atoms with Crippen LogP contribution in [0.25, 0.3) is 0 Å². The molecule has 1 unspecified atom stereocenters. The summed E-state index contributed by atoms with van der Waals surface area (Å²) in [6, 6.07) is 0.386. The van der Waals surface area contributed by atoms with Crippen LogP contribution in [-0.4, -0.2) is 22.4 Å². The molecule has 0 saturated carbocycles. The Balaban J connectivity index is 2.87. The fraction of sp³-hybridized carbons (Fsp3) is 0.615. The van der Waals surface area contributed by atoms with Gasteiger partial charge in [-0.05, 0) is 26.8 Å². The Morgan fingerprint density at radius 1 is 1.53 bits per heavy atom. The maximum absolute atomic E-state index is 6.30. The van der Waals surface area contributed by atoms with Crippen LogP contribution >= 0.6 is 11.6 Å². The lowest BCUT2D eigenvalue weighted by Crippen LogP contribution is -2.31. The van der Waals surface area contributed by atoms with E-state index in [0.717, 1.165) is 42.3 Å². The molecule has 0 radical (unpaired) electrons. The first kappa shape index (κ1) is 14.3. The monoisotopic (exact) mass is 255 g/mol. The Hall–Kier alpha value is -0.800. The molecule has 3 nitrogen and oxygen atoms in total. The lowest BCUT2D eigenvalue weighted by Gasteiger charge is -2.16. The van der Waals surface area contributed by atoms with Crippen LogP contribution in [0.15, 0.2) is 12.7 Å². The number of aryl methyl sites for hydroxylation is 2. The van der Waals surface area contributed by atoms with Crippen molar-refractivity contribution in [1.82, 2.24) is 15.1 Å². The van der Waals surface area contributed by atoms with Crippen LogP contribution in [0.5, 0.6) is 0 Å². The van der Waals surface area contributed by atoms with Crippen molar-refractivity contribution in [2.45, 2.75) is 46.2 Å². The normalized spacial score (nSPS) is 12.7. The summed E-state index contributed by atoms with van der Waals surface area (Å²) < 4.78 is 1.99. The van der Waals surface area contributed by atoms with Crippen molar-refractivity contribution < 1.29 is 0 Å². The fourth-order valence-electron chi connectivity index (χ4n) is 2.03. The van der Waals surface area contributed by atoms with Crippen molar-refractivity contribution in [3.05, 3.63) is 29.1 Å². The summed E-state index contributed by atoms with van der Waals surface area (Å²) in [7, 11) is 0. The van der Waals surface area contributed by atoms with Gasteiger partial charge in [-0.2, -0.15) is 5.10 Å². The Morgan fingerprint density at radius 2 is 2.24 bits per heavy atom. The van der Waals surface area contributed by atoms with Gasteiger partial charge in [0, 0.05) is 19.0 Å². The van der Waals surface area contributed by atoms with Crippen molar-refractivity contribution in [2.24, 2.45) is 0 Å². The molecule has 0 aliphatic rings. The Bertz CT molecular complexity index is 371. The minimum Gasteiger partial charge on any atom is -0.314 e. The molecule has 0 amide bonds. The second kappa shape index (κ2) is 6.82.